The fourth-order valence-electron chi connectivity index (χ4n) is 2.22. The molecular weight excluding hydrogens is 310 g/mol. The first-order valence-electron chi connectivity index (χ1n) is 6.53. The van der Waals surface area contributed by atoms with Crippen LogP contribution in [0.5, 0.6) is 0 Å². The van der Waals surface area contributed by atoms with Crippen molar-refractivity contribution in [3.05, 3.63) is 26.6 Å². The van der Waals surface area contributed by atoms with Crippen molar-refractivity contribution in [2.45, 2.75) is 19.3 Å². The molecule has 1 saturated heterocycles. The number of anilines is 1. The van der Waals surface area contributed by atoms with Crippen molar-refractivity contribution in [1.82, 2.24) is 14.9 Å². The van der Waals surface area contributed by atoms with Gasteiger partial charge in [-0.05, 0) is 55.8 Å². The molecule has 0 amide bonds. The summed E-state index contributed by atoms with van der Waals surface area (Å²) in [6.07, 6.45) is 5.72. The van der Waals surface area contributed by atoms with Gasteiger partial charge in [0.2, 0.25) is 9.54 Å². The molecule has 5 nitrogen and oxygen atoms in total. The molecule has 2 aromatic rings. The number of thiophene rings is 1. The van der Waals surface area contributed by atoms with Crippen LogP contribution in [-0.4, -0.2) is 34.2 Å². The van der Waals surface area contributed by atoms with Crippen molar-refractivity contribution < 1.29 is 0 Å². The Morgan fingerprint density at radius 1 is 1.10 bits per heavy atom. The van der Waals surface area contributed by atoms with E-state index >= 15 is 0 Å². The summed E-state index contributed by atoms with van der Waals surface area (Å²) in [5, 5.41) is 11.1. The molecule has 1 aliphatic rings. The Kier molecular flexibility index (Phi) is 4.13. The van der Waals surface area contributed by atoms with Crippen molar-refractivity contribution in [3.8, 4) is 0 Å². The molecular formula is C12H15N5S3. The van der Waals surface area contributed by atoms with Crippen LogP contribution in [0.4, 0.5) is 5.00 Å². The maximum absolute atomic E-state index is 5.09. The van der Waals surface area contributed by atoms with Crippen LogP contribution in [0.1, 0.15) is 24.1 Å². The lowest BCUT2D eigenvalue weighted by molar-refractivity contribution is 0.580. The van der Waals surface area contributed by atoms with Crippen LogP contribution in [0.3, 0.4) is 0 Å². The number of nitrogens with one attached hydrogen (secondary N) is 2. The zero-order chi connectivity index (χ0) is 13.9. The lowest BCUT2D eigenvalue weighted by atomic mass is 10.1. The molecule has 2 N–H and O–H groups in total. The summed E-state index contributed by atoms with van der Waals surface area (Å²) in [5.41, 5.74) is 0. The highest BCUT2D eigenvalue weighted by Crippen LogP contribution is 2.27. The Hall–Kier alpha value is -1.25. The zero-order valence-electron chi connectivity index (χ0n) is 10.8. The van der Waals surface area contributed by atoms with Crippen molar-refractivity contribution in [1.29, 1.82) is 0 Å². The van der Waals surface area contributed by atoms with E-state index in [1.54, 1.807) is 17.6 Å². The van der Waals surface area contributed by atoms with Crippen LogP contribution in [0.2, 0.25) is 0 Å². The van der Waals surface area contributed by atoms with Gasteiger partial charge in [0.05, 0.1) is 11.2 Å². The van der Waals surface area contributed by atoms with Crippen molar-refractivity contribution in [2.75, 3.05) is 18.0 Å². The van der Waals surface area contributed by atoms with E-state index in [4.69, 9.17) is 24.4 Å². The summed E-state index contributed by atoms with van der Waals surface area (Å²) < 4.78 is 2.45. The number of rotatable bonds is 3. The number of H-pyrrole nitrogens is 2. The Morgan fingerprint density at radius 2 is 1.80 bits per heavy atom. The Labute approximate surface area is 130 Å². The first-order chi connectivity index (χ1) is 9.74. The van der Waals surface area contributed by atoms with E-state index in [1.165, 1.54) is 28.9 Å². The Balaban J connectivity index is 1.77. The fraction of sp³-hybridized carbons (Fsp3) is 0.417. The molecule has 1 fully saturated rings. The maximum Gasteiger partial charge on any atom is 0.215 e. The van der Waals surface area contributed by atoms with Gasteiger partial charge in [-0.1, -0.05) is 0 Å². The normalized spacial score (nSPS) is 16.1. The van der Waals surface area contributed by atoms with Gasteiger partial charge in [0.15, 0.2) is 0 Å². The third kappa shape index (κ3) is 2.92. The van der Waals surface area contributed by atoms with Gasteiger partial charge in [0.1, 0.15) is 0 Å². The highest BCUT2D eigenvalue weighted by atomic mass is 32.1. The predicted octanol–water partition coefficient (Wildman–Crippen LogP) is 3.54. The second-order valence-electron chi connectivity index (χ2n) is 4.64. The van der Waals surface area contributed by atoms with Gasteiger partial charge in [-0.2, -0.15) is 9.78 Å². The van der Waals surface area contributed by atoms with Crippen molar-refractivity contribution in [3.63, 3.8) is 0 Å². The van der Waals surface area contributed by atoms with Crippen LogP contribution < -0.4 is 4.90 Å². The number of aromatic nitrogens is 3. The van der Waals surface area contributed by atoms with E-state index in [9.17, 15) is 0 Å². The number of hydrogen-bond acceptors (Lipinski definition) is 5. The third-order valence-corrected chi connectivity index (χ3v) is 4.87. The molecule has 0 radical (unpaired) electrons. The van der Waals surface area contributed by atoms with Crippen LogP contribution >= 0.6 is 35.8 Å². The molecule has 0 saturated carbocycles. The van der Waals surface area contributed by atoms with Crippen LogP contribution in [0, 0.1) is 9.54 Å². The minimum atomic E-state index is 0.471. The summed E-state index contributed by atoms with van der Waals surface area (Å²) in [6.45, 7) is 2.32. The van der Waals surface area contributed by atoms with Crippen molar-refractivity contribution >= 4 is 47.0 Å². The quantitative estimate of drug-likeness (QED) is 0.670. The van der Waals surface area contributed by atoms with Gasteiger partial charge in [-0.25, -0.2) is 0 Å². The first kappa shape index (κ1) is 13.7. The smallest absolute Gasteiger partial charge is 0.215 e. The van der Waals surface area contributed by atoms with Gasteiger partial charge in [-0.3, -0.25) is 10.2 Å². The summed E-state index contributed by atoms with van der Waals surface area (Å²) in [5.74, 6) is 0. The zero-order valence-corrected chi connectivity index (χ0v) is 13.3. The van der Waals surface area contributed by atoms with Gasteiger partial charge in [0.25, 0.3) is 0 Å². The van der Waals surface area contributed by atoms with Crippen LogP contribution in [-0.2, 0) is 0 Å². The van der Waals surface area contributed by atoms with E-state index in [-0.39, 0.29) is 0 Å². The van der Waals surface area contributed by atoms with Crippen LogP contribution in [0.25, 0.3) is 0 Å². The summed E-state index contributed by atoms with van der Waals surface area (Å²) >= 11 is 11.9. The lowest BCUT2D eigenvalue weighted by Crippen LogP contribution is -2.28. The van der Waals surface area contributed by atoms with Gasteiger partial charge < -0.3 is 4.90 Å². The van der Waals surface area contributed by atoms with Crippen molar-refractivity contribution in [2.24, 2.45) is 5.10 Å². The average Bonchev–Trinajstić information content (AvgIpc) is 3.06. The molecule has 0 atom stereocenters. The Bertz CT molecular complexity index is 686. The predicted molar refractivity (Wildman–Crippen MR) is 88.2 cm³/mol. The van der Waals surface area contributed by atoms with Gasteiger partial charge in [0, 0.05) is 18.0 Å². The molecule has 0 spiro atoms. The number of piperidine rings is 1. The maximum atomic E-state index is 5.09. The molecule has 0 aliphatic carbocycles. The first-order valence-corrected chi connectivity index (χ1v) is 8.16. The topological polar surface area (TPSA) is 52.1 Å². The molecule has 2 aromatic heterocycles. The summed E-state index contributed by atoms with van der Waals surface area (Å²) in [7, 11) is 0. The summed E-state index contributed by atoms with van der Waals surface area (Å²) in [6, 6.07) is 4.25. The number of aromatic amines is 2. The standard InChI is InChI=1S/C12H15N5S3/c18-11-14-15-12(19)17(11)13-8-9-4-5-10(20-9)16-6-2-1-3-7-16/h4-5,8H,1-3,6-7H2,(H,14,18)(H,15,19)/b13-8-. The Morgan fingerprint density at radius 3 is 2.50 bits per heavy atom. The van der Waals surface area contributed by atoms with E-state index in [1.807, 2.05) is 0 Å². The monoisotopic (exact) mass is 325 g/mol. The largest absolute Gasteiger partial charge is 0.363 e. The van der Waals surface area contributed by atoms with Crippen LogP contribution in [0.15, 0.2) is 17.2 Å². The minimum Gasteiger partial charge on any atom is -0.363 e. The highest BCUT2D eigenvalue weighted by Gasteiger charge is 2.12. The SMILES string of the molecule is S=c1[nH][nH]c(=S)n1/N=C\c1ccc(N2CCCCC2)s1. The van der Waals surface area contributed by atoms with Gasteiger partial charge in [-0.15, -0.1) is 11.3 Å². The third-order valence-electron chi connectivity index (χ3n) is 3.24. The summed E-state index contributed by atoms with van der Waals surface area (Å²) in [4.78, 5) is 3.54. The molecule has 0 unspecified atom stereocenters. The number of nitrogens with zero attached hydrogens (tertiary/aromatic N) is 3. The second kappa shape index (κ2) is 6.02. The lowest BCUT2D eigenvalue weighted by Gasteiger charge is -2.27. The molecule has 1 aliphatic heterocycles. The van der Waals surface area contributed by atoms with E-state index in [2.05, 4.69) is 32.3 Å². The molecule has 106 valence electrons. The molecule has 0 bridgehead atoms. The second-order valence-corrected chi connectivity index (χ2v) is 6.51. The van der Waals surface area contributed by atoms with E-state index in [0.717, 1.165) is 18.0 Å². The average molecular weight is 325 g/mol. The van der Waals surface area contributed by atoms with E-state index in [0.29, 0.717) is 9.54 Å². The molecule has 3 rings (SSSR count). The molecule has 20 heavy (non-hydrogen) atoms. The fourth-order valence-corrected chi connectivity index (χ4v) is 3.58. The molecule has 3 heterocycles. The molecule has 8 heteroatoms. The number of hydrogen-bond donors (Lipinski definition) is 2. The minimum absolute atomic E-state index is 0.471. The highest BCUT2D eigenvalue weighted by molar-refractivity contribution is 7.72. The molecule has 0 aromatic carbocycles. The van der Waals surface area contributed by atoms with E-state index < -0.39 is 0 Å². The van der Waals surface area contributed by atoms with Gasteiger partial charge >= 0.3 is 0 Å².